The first-order chi connectivity index (χ1) is 11.0. The predicted molar refractivity (Wildman–Crippen MR) is 70.6 cm³/mol. The first kappa shape index (κ1) is 25.2. The molecule has 0 spiro atoms. The Morgan fingerprint density at radius 1 is 0.923 bits per heavy atom. The smallest absolute Gasteiger partial charge is 0.743 e. The van der Waals surface area contributed by atoms with Crippen molar-refractivity contribution in [1.82, 2.24) is 0 Å². The SMILES string of the molecule is C=Cc1ccc(OS(=O)(=O)C(F)(F)C(F)(F)C(F)(F)S(=O)(=O)[O-])cc1.[Na+]. The fraction of sp³-hybridized carbons (Fsp3) is 0.273. The minimum atomic E-state index is -7.33. The van der Waals surface area contributed by atoms with Crippen LogP contribution in [0.25, 0.3) is 6.08 Å². The van der Waals surface area contributed by atoms with Gasteiger partial charge in [-0.05, 0) is 17.7 Å². The van der Waals surface area contributed by atoms with Crippen molar-refractivity contribution in [2.75, 3.05) is 0 Å². The maximum atomic E-state index is 13.5. The van der Waals surface area contributed by atoms with Crippen molar-refractivity contribution >= 4 is 26.3 Å². The first-order valence-corrected chi connectivity index (χ1v) is 8.58. The largest absolute Gasteiger partial charge is 1.00 e. The maximum Gasteiger partial charge on any atom is 1.00 e. The zero-order chi connectivity index (χ0) is 19.9. The average molecular weight is 436 g/mol. The third-order valence-corrected chi connectivity index (χ3v) is 4.86. The predicted octanol–water partition coefficient (Wildman–Crippen LogP) is -0.592. The van der Waals surface area contributed by atoms with Gasteiger partial charge in [-0.3, -0.25) is 0 Å². The van der Waals surface area contributed by atoms with Crippen LogP contribution >= 0.6 is 0 Å². The quantitative estimate of drug-likeness (QED) is 0.245. The van der Waals surface area contributed by atoms with E-state index in [1.165, 1.54) is 6.08 Å². The van der Waals surface area contributed by atoms with Gasteiger partial charge < -0.3 is 8.74 Å². The molecule has 1 aromatic rings. The molecule has 0 fully saturated rings. The molecular formula is C11H7F6NaO6S2. The van der Waals surface area contributed by atoms with Gasteiger partial charge in [0.25, 0.3) is 0 Å². The fourth-order valence-corrected chi connectivity index (χ4v) is 2.74. The van der Waals surface area contributed by atoms with Crippen LogP contribution in [-0.4, -0.2) is 37.8 Å². The molecule has 6 nitrogen and oxygen atoms in total. The van der Waals surface area contributed by atoms with E-state index in [1.807, 2.05) is 0 Å². The number of benzene rings is 1. The molecule has 1 aromatic carbocycles. The van der Waals surface area contributed by atoms with E-state index < -0.39 is 42.4 Å². The summed E-state index contributed by atoms with van der Waals surface area (Å²) in [6, 6.07) is 3.55. The van der Waals surface area contributed by atoms with Crippen molar-refractivity contribution in [3.8, 4) is 5.75 Å². The van der Waals surface area contributed by atoms with Crippen LogP contribution in [0.15, 0.2) is 30.8 Å². The zero-order valence-corrected chi connectivity index (χ0v) is 16.3. The second-order valence-electron chi connectivity index (χ2n) is 4.37. The van der Waals surface area contributed by atoms with Gasteiger partial charge in [0.2, 0.25) is 0 Å². The Labute approximate surface area is 166 Å². The van der Waals surface area contributed by atoms with E-state index in [4.69, 9.17) is 0 Å². The Hall–Kier alpha value is -0.800. The summed E-state index contributed by atoms with van der Waals surface area (Å²) >= 11 is 0. The molecule has 0 aliphatic heterocycles. The van der Waals surface area contributed by atoms with Gasteiger partial charge in [0.1, 0.15) is 5.75 Å². The third kappa shape index (κ3) is 4.20. The van der Waals surface area contributed by atoms with E-state index in [1.54, 1.807) is 0 Å². The van der Waals surface area contributed by atoms with Crippen LogP contribution in [0, 0.1) is 0 Å². The summed E-state index contributed by atoms with van der Waals surface area (Å²) in [6.45, 7) is 3.31. The molecular weight excluding hydrogens is 429 g/mol. The number of hydrogen-bond donors (Lipinski definition) is 0. The van der Waals surface area contributed by atoms with E-state index in [0.29, 0.717) is 17.7 Å². The van der Waals surface area contributed by atoms with Crippen LogP contribution in [0.4, 0.5) is 26.3 Å². The Bertz CT molecular complexity index is 867. The van der Waals surface area contributed by atoms with Gasteiger partial charge in [-0.25, -0.2) is 8.42 Å². The van der Waals surface area contributed by atoms with Gasteiger partial charge in [-0.1, -0.05) is 24.8 Å². The van der Waals surface area contributed by atoms with Crippen molar-refractivity contribution in [3.63, 3.8) is 0 Å². The van der Waals surface area contributed by atoms with Crippen molar-refractivity contribution < 1.29 is 81.5 Å². The van der Waals surface area contributed by atoms with Gasteiger partial charge >= 0.3 is 56.1 Å². The van der Waals surface area contributed by atoms with E-state index in [9.17, 15) is 47.7 Å². The number of halogens is 6. The summed E-state index contributed by atoms with van der Waals surface area (Å²) in [5, 5.41) is -13.7. The standard InChI is InChI=1S/C11H8F6O6S2.Na/c1-2-7-3-5-8(6-4-7)23-25(21,22)11(16,17)9(12,13)10(14,15)24(18,19)20;/h2-6H,1H2,(H,18,19,20);/q;+1/p-1. The molecule has 0 atom stereocenters. The molecule has 0 heterocycles. The molecule has 0 bridgehead atoms. The molecule has 15 heteroatoms. The molecule has 0 aliphatic rings. The van der Waals surface area contributed by atoms with Crippen molar-refractivity contribution in [1.29, 1.82) is 0 Å². The summed E-state index contributed by atoms with van der Waals surface area (Å²) in [5.41, 5.74) is 0.339. The first-order valence-electron chi connectivity index (χ1n) is 5.76. The van der Waals surface area contributed by atoms with E-state index >= 15 is 0 Å². The van der Waals surface area contributed by atoms with Gasteiger partial charge in [0.05, 0.1) is 0 Å². The second-order valence-corrected chi connectivity index (χ2v) is 7.38. The molecule has 0 saturated carbocycles. The number of rotatable bonds is 7. The van der Waals surface area contributed by atoms with Crippen molar-refractivity contribution in [2.24, 2.45) is 0 Å². The average Bonchev–Trinajstić information content (AvgIpc) is 2.45. The summed E-state index contributed by atoms with van der Waals surface area (Å²) < 4.78 is 136. The van der Waals surface area contributed by atoms with E-state index in [-0.39, 0.29) is 29.6 Å². The molecule has 0 unspecified atom stereocenters. The fourth-order valence-electron chi connectivity index (χ4n) is 1.32. The van der Waals surface area contributed by atoms with Gasteiger partial charge in [0, 0.05) is 0 Å². The van der Waals surface area contributed by atoms with Crippen molar-refractivity contribution in [2.45, 2.75) is 16.4 Å². The normalized spacial score (nSPS) is 13.7. The molecule has 0 N–H and O–H groups in total. The van der Waals surface area contributed by atoms with Crippen LogP contribution in [0.5, 0.6) is 5.75 Å². The van der Waals surface area contributed by atoms with Crippen LogP contribution in [0.3, 0.4) is 0 Å². The van der Waals surface area contributed by atoms with Crippen LogP contribution in [0.1, 0.15) is 5.56 Å². The van der Waals surface area contributed by atoms with Gasteiger partial charge in [0.15, 0.2) is 10.1 Å². The summed E-state index contributed by atoms with van der Waals surface area (Å²) in [4.78, 5) is 0. The second kappa shape index (κ2) is 7.67. The summed E-state index contributed by atoms with van der Waals surface area (Å²) in [6.07, 6.45) is 1.24. The topological polar surface area (TPSA) is 101 Å². The third-order valence-electron chi connectivity index (χ3n) is 2.68. The van der Waals surface area contributed by atoms with Gasteiger partial charge in [-0.15, -0.1) is 0 Å². The zero-order valence-electron chi connectivity index (χ0n) is 12.6. The van der Waals surface area contributed by atoms with Gasteiger partial charge in [-0.2, -0.15) is 34.8 Å². The molecule has 0 aliphatic carbocycles. The Morgan fingerprint density at radius 2 is 1.35 bits per heavy atom. The van der Waals surface area contributed by atoms with E-state index in [2.05, 4.69) is 10.8 Å². The minimum absolute atomic E-state index is 0. The number of hydrogen-bond acceptors (Lipinski definition) is 6. The summed E-state index contributed by atoms with van der Waals surface area (Å²) in [5.74, 6) is -8.07. The van der Waals surface area contributed by atoms with Crippen LogP contribution < -0.4 is 33.7 Å². The molecule has 0 aromatic heterocycles. The molecule has 142 valence electrons. The molecule has 0 radical (unpaired) electrons. The Kier molecular flexibility index (Phi) is 7.44. The summed E-state index contributed by atoms with van der Waals surface area (Å²) in [7, 11) is -14.2. The Balaban J connectivity index is 0.00000625. The van der Waals surface area contributed by atoms with E-state index in [0.717, 1.165) is 12.1 Å². The van der Waals surface area contributed by atoms with Crippen LogP contribution in [0.2, 0.25) is 0 Å². The molecule has 0 amide bonds. The number of alkyl halides is 6. The van der Waals surface area contributed by atoms with Crippen LogP contribution in [-0.2, 0) is 20.2 Å². The Morgan fingerprint density at radius 3 is 1.69 bits per heavy atom. The molecule has 1 rings (SSSR count). The molecule has 0 saturated heterocycles. The molecule has 26 heavy (non-hydrogen) atoms. The monoisotopic (exact) mass is 436 g/mol. The van der Waals surface area contributed by atoms with Crippen molar-refractivity contribution in [3.05, 3.63) is 36.4 Å². The minimum Gasteiger partial charge on any atom is -0.743 e. The maximum absolute atomic E-state index is 13.5.